The summed E-state index contributed by atoms with van der Waals surface area (Å²) in [7, 11) is 2.31. The van der Waals surface area contributed by atoms with Crippen LogP contribution >= 0.6 is 0 Å². The molecule has 2 heterocycles. The van der Waals surface area contributed by atoms with Gasteiger partial charge in [-0.05, 0) is 59.4 Å². The second-order valence-electron chi connectivity index (χ2n) is 10.8. The van der Waals surface area contributed by atoms with E-state index >= 15 is 0 Å². The lowest BCUT2D eigenvalue weighted by atomic mass is 9.73. The van der Waals surface area contributed by atoms with E-state index in [1.54, 1.807) is 0 Å². The number of ether oxygens (including phenoxy) is 2. The molecule has 4 atom stereocenters. The van der Waals surface area contributed by atoms with Gasteiger partial charge in [-0.1, -0.05) is 54.5 Å². The molecular formula is C29H38NO2+. The standard InChI is InChI=1S/C29H38NO2/c1-22(2)30(6,21-23-13-8-7-9-14-23)20-12-18-29(5)19-17-25-27(32-29)24-15-10-11-16-26(24)31-28(25,3)4/h7-11,13-16,22,25,27H,17,19-21H2,1-6H3/q+1/t25-,27-,29-,30?/m0/s1. The molecule has 3 nitrogen and oxygen atoms in total. The zero-order valence-corrected chi connectivity index (χ0v) is 20.5. The Kier molecular flexibility index (Phi) is 6.14. The second-order valence-corrected chi connectivity index (χ2v) is 10.8. The predicted molar refractivity (Wildman–Crippen MR) is 130 cm³/mol. The van der Waals surface area contributed by atoms with E-state index in [0.29, 0.717) is 12.0 Å². The van der Waals surface area contributed by atoms with Crippen LogP contribution < -0.4 is 4.74 Å². The number of hydrogen-bond donors (Lipinski definition) is 0. The van der Waals surface area contributed by atoms with E-state index < -0.39 is 5.60 Å². The molecule has 1 unspecified atom stereocenters. The fourth-order valence-corrected chi connectivity index (χ4v) is 5.08. The molecule has 0 aromatic heterocycles. The fourth-order valence-electron chi connectivity index (χ4n) is 5.08. The molecule has 2 aromatic rings. The van der Waals surface area contributed by atoms with Crippen LogP contribution in [-0.2, 0) is 11.3 Å². The van der Waals surface area contributed by atoms with Crippen molar-refractivity contribution in [2.24, 2.45) is 5.92 Å². The van der Waals surface area contributed by atoms with Crippen molar-refractivity contribution in [2.45, 2.75) is 77.4 Å². The van der Waals surface area contributed by atoms with Gasteiger partial charge in [0.1, 0.15) is 30.0 Å². The Balaban J connectivity index is 1.53. The van der Waals surface area contributed by atoms with Crippen molar-refractivity contribution in [3.05, 3.63) is 65.7 Å². The van der Waals surface area contributed by atoms with Crippen LogP contribution in [0, 0.1) is 17.8 Å². The van der Waals surface area contributed by atoms with Crippen molar-refractivity contribution in [2.75, 3.05) is 13.6 Å². The van der Waals surface area contributed by atoms with E-state index in [-0.39, 0.29) is 11.7 Å². The van der Waals surface area contributed by atoms with Crippen LogP contribution in [0.1, 0.15) is 64.7 Å². The molecule has 0 N–H and O–H groups in total. The zero-order valence-electron chi connectivity index (χ0n) is 20.5. The Morgan fingerprint density at radius 2 is 1.72 bits per heavy atom. The van der Waals surface area contributed by atoms with Crippen LogP contribution in [0.5, 0.6) is 5.75 Å². The predicted octanol–water partition coefficient (Wildman–Crippen LogP) is 6.14. The van der Waals surface area contributed by atoms with Gasteiger partial charge in [0.05, 0.1) is 19.2 Å². The van der Waals surface area contributed by atoms with Crippen molar-refractivity contribution < 1.29 is 14.0 Å². The van der Waals surface area contributed by atoms with Crippen molar-refractivity contribution in [1.82, 2.24) is 0 Å². The number of quaternary nitrogens is 1. The van der Waals surface area contributed by atoms with Crippen LogP contribution in [0.15, 0.2) is 54.6 Å². The molecule has 32 heavy (non-hydrogen) atoms. The van der Waals surface area contributed by atoms with Crippen molar-refractivity contribution in [3.8, 4) is 17.6 Å². The highest BCUT2D eigenvalue weighted by Crippen LogP contribution is 2.52. The van der Waals surface area contributed by atoms with Crippen molar-refractivity contribution in [1.29, 1.82) is 0 Å². The summed E-state index contributed by atoms with van der Waals surface area (Å²) < 4.78 is 14.0. The number of fused-ring (bicyclic) bond motifs is 3. The molecule has 0 saturated carbocycles. The van der Waals surface area contributed by atoms with Gasteiger partial charge < -0.3 is 14.0 Å². The number of hydrogen-bond acceptors (Lipinski definition) is 2. The molecular weight excluding hydrogens is 394 g/mol. The van der Waals surface area contributed by atoms with Crippen LogP contribution in [-0.4, -0.2) is 35.3 Å². The summed E-state index contributed by atoms with van der Waals surface area (Å²) >= 11 is 0. The van der Waals surface area contributed by atoms with Gasteiger partial charge in [0, 0.05) is 17.0 Å². The van der Waals surface area contributed by atoms with E-state index in [1.807, 2.05) is 6.07 Å². The third-order valence-corrected chi connectivity index (χ3v) is 7.60. The number of nitrogens with zero attached hydrogens (tertiary/aromatic N) is 1. The number of para-hydroxylation sites is 1. The highest BCUT2D eigenvalue weighted by molar-refractivity contribution is 5.39. The first-order valence-electron chi connectivity index (χ1n) is 12.0. The topological polar surface area (TPSA) is 18.5 Å². The summed E-state index contributed by atoms with van der Waals surface area (Å²) in [6, 6.07) is 19.5. The second kappa shape index (κ2) is 8.58. The minimum atomic E-state index is -0.434. The quantitative estimate of drug-likeness (QED) is 0.427. The normalized spacial score (nSPS) is 27.8. The van der Waals surface area contributed by atoms with Crippen LogP contribution in [0.2, 0.25) is 0 Å². The van der Waals surface area contributed by atoms with E-state index in [4.69, 9.17) is 9.47 Å². The lowest BCUT2D eigenvalue weighted by molar-refractivity contribution is -0.936. The Labute approximate surface area is 194 Å². The maximum atomic E-state index is 6.77. The minimum absolute atomic E-state index is 0.0262. The average molecular weight is 433 g/mol. The first-order valence-corrected chi connectivity index (χ1v) is 12.0. The summed E-state index contributed by atoms with van der Waals surface area (Å²) in [5.74, 6) is 8.38. The molecule has 4 rings (SSSR count). The number of benzene rings is 2. The van der Waals surface area contributed by atoms with E-state index in [9.17, 15) is 0 Å². The summed E-state index contributed by atoms with van der Waals surface area (Å²) in [5.41, 5.74) is 1.85. The fraction of sp³-hybridized carbons (Fsp3) is 0.517. The Hall–Kier alpha value is -2.28. The molecule has 2 aliphatic heterocycles. The maximum absolute atomic E-state index is 6.77. The van der Waals surface area contributed by atoms with E-state index in [1.165, 1.54) is 5.56 Å². The Morgan fingerprint density at radius 1 is 1.03 bits per heavy atom. The summed E-state index contributed by atoms with van der Waals surface area (Å²) in [6.07, 6.45) is 2.01. The lowest BCUT2D eigenvalue weighted by Gasteiger charge is -2.50. The first-order chi connectivity index (χ1) is 15.1. The molecule has 1 saturated heterocycles. The Morgan fingerprint density at radius 3 is 2.44 bits per heavy atom. The van der Waals surface area contributed by atoms with Crippen LogP contribution in [0.25, 0.3) is 0 Å². The van der Waals surface area contributed by atoms with Gasteiger partial charge in [-0.15, -0.1) is 0 Å². The monoisotopic (exact) mass is 432 g/mol. The molecule has 0 amide bonds. The largest absolute Gasteiger partial charge is 0.487 e. The van der Waals surface area contributed by atoms with E-state index in [0.717, 1.165) is 41.7 Å². The molecule has 170 valence electrons. The molecule has 0 radical (unpaired) electrons. The van der Waals surface area contributed by atoms with Crippen LogP contribution in [0.4, 0.5) is 0 Å². The Bertz CT molecular complexity index is 1000. The molecule has 0 spiro atoms. The SMILES string of the molecule is CC(C)[N+](C)(CC#C[C@@]1(C)CC[C@H]2[C@@H](O1)c1ccccc1OC2(C)C)Cc1ccccc1. The third kappa shape index (κ3) is 4.58. The third-order valence-electron chi connectivity index (χ3n) is 7.60. The average Bonchev–Trinajstić information content (AvgIpc) is 2.73. The summed E-state index contributed by atoms with van der Waals surface area (Å²) in [5, 5.41) is 0. The molecule has 2 aliphatic rings. The lowest BCUT2D eigenvalue weighted by Crippen LogP contribution is -2.51. The highest BCUT2D eigenvalue weighted by atomic mass is 16.5. The molecule has 3 heteroatoms. The van der Waals surface area contributed by atoms with Gasteiger partial charge in [0.25, 0.3) is 0 Å². The van der Waals surface area contributed by atoms with Crippen LogP contribution in [0.3, 0.4) is 0 Å². The molecule has 1 fully saturated rings. The number of rotatable bonds is 4. The van der Waals surface area contributed by atoms with Gasteiger partial charge in [0.15, 0.2) is 0 Å². The molecule has 2 aromatic carbocycles. The zero-order chi connectivity index (χ0) is 23.0. The molecule has 0 bridgehead atoms. The highest BCUT2D eigenvalue weighted by Gasteiger charge is 2.50. The first kappa shape index (κ1) is 22.9. The molecule has 0 aliphatic carbocycles. The van der Waals surface area contributed by atoms with Gasteiger partial charge in [0.2, 0.25) is 0 Å². The summed E-state index contributed by atoms with van der Waals surface area (Å²) in [4.78, 5) is 0. The summed E-state index contributed by atoms with van der Waals surface area (Å²) in [6.45, 7) is 12.9. The van der Waals surface area contributed by atoms with Crippen molar-refractivity contribution >= 4 is 0 Å². The van der Waals surface area contributed by atoms with Gasteiger partial charge in [-0.2, -0.15) is 0 Å². The minimum Gasteiger partial charge on any atom is -0.487 e. The van der Waals surface area contributed by atoms with Gasteiger partial charge in [-0.25, -0.2) is 0 Å². The van der Waals surface area contributed by atoms with Gasteiger partial charge in [-0.3, -0.25) is 0 Å². The maximum Gasteiger partial charge on any atom is 0.141 e. The smallest absolute Gasteiger partial charge is 0.141 e. The van der Waals surface area contributed by atoms with Gasteiger partial charge >= 0.3 is 0 Å². The van der Waals surface area contributed by atoms with Crippen molar-refractivity contribution in [3.63, 3.8) is 0 Å². The van der Waals surface area contributed by atoms with E-state index in [2.05, 4.69) is 102 Å².